The van der Waals surface area contributed by atoms with Gasteiger partial charge < -0.3 is 5.32 Å². The average molecular weight is 584 g/mol. The number of aromatic nitrogens is 2. The van der Waals surface area contributed by atoms with Gasteiger partial charge in [0.1, 0.15) is 17.8 Å². The number of pyridine rings is 1. The predicted octanol–water partition coefficient (Wildman–Crippen LogP) is 9.04. The SMILES string of the molecule is c1ccc(C2=NC(c3ccc(-n4c5ccccc5c5cc6c(cc54)sc4ccccc46)nc3)NC(c3ccccc3)=N2)cc1. The average Bonchev–Trinajstić information content (AvgIpc) is 3.62. The van der Waals surface area contributed by atoms with Crippen molar-refractivity contribution in [3.8, 4) is 5.82 Å². The number of nitrogens with one attached hydrogen (secondary N) is 1. The number of hydrogen-bond acceptors (Lipinski definition) is 5. The number of fused-ring (bicyclic) bond motifs is 6. The number of aliphatic imine (C=N–C) groups is 2. The maximum atomic E-state index is 5.03. The number of amidine groups is 2. The highest BCUT2D eigenvalue weighted by Crippen LogP contribution is 2.40. The molecule has 6 heteroatoms. The molecule has 9 rings (SSSR count). The first kappa shape index (κ1) is 25.0. The summed E-state index contributed by atoms with van der Waals surface area (Å²) in [6, 6.07) is 46.5. The summed E-state index contributed by atoms with van der Waals surface area (Å²) in [4.78, 5) is 14.9. The Morgan fingerprint density at radius 1 is 0.591 bits per heavy atom. The van der Waals surface area contributed by atoms with E-state index in [2.05, 4.69) is 94.8 Å². The summed E-state index contributed by atoms with van der Waals surface area (Å²) in [6.45, 7) is 0. The maximum Gasteiger partial charge on any atom is 0.159 e. The van der Waals surface area contributed by atoms with Crippen LogP contribution in [0.5, 0.6) is 0 Å². The second-order valence-electron chi connectivity index (χ2n) is 11.0. The minimum absolute atomic E-state index is 0.323. The van der Waals surface area contributed by atoms with Crippen molar-refractivity contribution in [2.75, 3.05) is 0 Å². The maximum absolute atomic E-state index is 5.03. The lowest BCUT2D eigenvalue weighted by Gasteiger charge is -2.23. The van der Waals surface area contributed by atoms with Crippen molar-refractivity contribution < 1.29 is 0 Å². The summed E-state index contributed by atoms with van der Waals surface area (Å²) >= 11 is 1.84. The van der Waals surface area contributed by atoms with E-state index in [1.165, 1.54) is 30.9 Å². The van der Waals surface area contributed by atoms with Crippen LogP contribution in [0.15, 0.2) is 150 Å². The van der Waals surface area contributed by atoms with Crippen LogP contribution < -0.4 is 5.32 Å². The first-order chi connectivity index (χ1) is 21.8. The van der Waals surface area contributed by atoms with Crippen molar-refractivity contribution in [3.05, 3.63) is 156 Å². The third kappa shape index (κ3) is 4.03. The molecule has 0 fully saturated rings. The fourth-order valence-electron chi connectivity index (χ4n) is 6.21. The monoisotopic (exact) mass is 583 g/mol. The van der Waals surface area contributed by atoms with Gasteiger partial charge in [0.05, 0.1) is 11.0 Å². The minimum atomic E-state index is -0.323. The van der Waals surface area contributed by atoms with Gasteiger partial charge in [-0.3, -0.25) is 4.57 Å². The van der Waals surface area contributed by atoms with Gasteiger partial charge >= 0.3 is 0 Å². The van der Waals surface area contributed by atoms with Gasteiger partial charge in [0.25, 0.3) is 0 Å². The summed E-state index contributed by atoms with van der Waals surface area (Å²) in [5.74, 6) is 2.37. The first-order valence-electron chi connectivity index (χ1n) is 14.6. The summed E-state index contributed by atoms with van der Waals surface area (Å²) in [7, 11) is 0. The Kier molecular flexibility index (Phi) is 5.67. The molecule has 5 nitrogen and oxygen atoms in total. The van der Waals surface area contributed by atoms with Crippen LogP contribution in [0.3, 0.4) is 0 Å². The van der Waals surface area contributed by atoms with Gasteiger partial charge in [0.2, 0.25) is 0 Å². The molecular formula is C38H25N5S. The number of thiophene rings is 1. The summed E-state index contributed by atoms with van der Waals surface area (Å²) in [5.41, 5.74) is 5.27. The van der Waals surface area contributed by atoms with Gasteiger partial charge in [-0.25, -0.2) is 15.0 Å². The van der Waals surface area contributed by atoms with E-state index in [4.69, 9.17) is 15.0 Å². The molecule has 1 unspecified atom stereocenters. The molecule has 0 spiro atoms. The topological polar surface area (TPSA) is 54.6 Å². The highest BCUT2D eigenvalue weighted by atomic mass is 32.1. The molecule has 5 aromatic carbocycles. The van der Waals surface area contributed by atoms with Crippen LogP contribution in [0, 0.1) is 0 Å². The Bertz CT molecular complexity index is 2400. The van der Waals surface area contributed by atoms with Crippen LogP contribution in [0.4, 0.5) is 0 Å². The normalized spacial score (nSPS) is 15.0. The Hall–Kier alpha value is -5.59. The summed E-state index contributed by atoms with van der Waals surface area (Å²) < 4.78 is 4.87. The Labute approximate surface area is 257 Å². The number of nitrogens with zero attached hydrogens (tertiary/aromatic N) is 4. The molecular weight excluding hydrogens is 559 g/mol. The molecule has 4 heterocycles. The van der Waals surface area contributed by atoms with Crippen molar-refractivity contribution >= 4 is 65.0 Å². The zero-order valence-electron chi connectivity index (χ0n) is 23.6. The van der Waals surface area contributed by atoms with Gasteiger partial charge in [-0.1, -0.05) is 97.1 Å². The van der Waals surface area contributed by atoms with Gasteiger partial charge in [-0.2, -0.15) is 0 Å². The van der Waals surface area contributed by atoms with E-state index in [1.54, 1.807) is 0 Å². The molecule has 0 aliphatic carbocycles. The summed E-state index contributed by atoms with van der Waals surface area (Å²) in [6.07, 6.45) is 1.61. The van der Waals surface area contributed by atoms with E-state index >= 15 is 0 Å². The molecule has 1 atom stereocenters. The highest BCUT2D eigenvalue weighted by molar-refractivity contribution is 7.25. The second-order valence-corrected chi connectivity index (χ2v) is 12.0. The van der Waals surface area contributed by atoms with Crippen LogP contribution >= 0.6 is 11.3 Å². The Morgan fingerprint density at radius 2 is 1.32 bits per heavy atom. The van der Waals surface area contributed by atoms with Crippen LogP contribution in [-0.4, -0.2) is 21.2 Å². The number of benzene rings is 5. The lowest BCUT2D eigenvalue weighted by molar-refractivity contribution is 0.670. The first-order valence-corrected chi connectivity index (χ1v) is 15.5. The fourth-order valence-corrected chi connectivity index (χ4v) is 7.33. The lowest BCUT2D eigenvalue weighted by Crippen LogP contribution is -2.33. The van der Waals surface area contributed by atoms with Crippen LogP contribution in [0.2, 0.25) is 0 Å². The minimum Gasteiger partial charge on any atom is -0.344 e. The molecule has 0 radical (unpaired) electrons. The number of rotatable bonds is 4. The molecule has 1 aliphatic heterocycles. The molecule has 8 aromatic rings. The lowest BCUT2D eigenvalue weighted by atomic mass is 10.1. The molecule has 3 aromatic heterocycles. The zero-order chi connectivity index (χ0) is 29.0. The molecule has 1 N–H and O–H groups in total. The molecule has 0 saturated carbocycles. The molecule has 0 amide bonds. The molecule has 1 aliphatic rings. The van der Waals surface area contributed by atoms with E-state index in [9.17, 15) is 0 Å². The molecule has 44 heavy (non-hydrogen) atoms. The Morgan fingerprint density at radius 3 is 2.11 bits per heavy atom. The van der Waals surface area contributed by atoms with Crippen molar-refractivity contribution in [2.24, 2.45) is 9.98 Å². The van der Waals surface area contributed by atoms with E-state index < -0.39 is 0 Å². The van der Waals surface area contributed by atoms with Crippen molar-refractivity contribution in [3.63, 3.8) is 0 Å². The van der Waals surface area contributed by atoms with Gasteiger partial charge in [-0.15, -0.1) is 11.3 Å². The Balaban J connectivity index is 1.16. The van der Waals surface area contributed by atoms with E-state index in [-0.39, 0.29) is 6.17 Å². The van der Waals surface area contributed by atoms with Gasteiger partial charge in [-0.05, 0) is 36.4 Å². The fraction of sp³-hybridized carbons (Fsp3) is 0.0263. The number of para-hydroxylation sites is 1. The van der Waals surface area contributed by atoms with Crippen LogP contribution in [0.1, 0.15) is 22.9 Å². The van der Waals surface area contributed by atoms with Crippen LogP contribution in [-0.2, 0) is 0 Å². The summed E-state index contributed by atoms with van der Waals surface area (Å²) in [5, 5.41) is 8.61. The zero-order valence-corrected chi connectivity index (χ0v) is 24.4. The third-order valence-corrected chi connectivity index (χ3v) is 9.44. The smallest absolute Gasteiger partial charge is 0.159 e. The second kappa shape index (κ2) is 10.0. The van der Waals surface area contributed by atoms with Crippen molar-refractivity contribution in [2.45, 2.75) is 6.17 Å². The standard InChI is InChI=1S/C38H25N5S/c1-3-11-24(12-4-1)36-40-37(25-13-5-2-6-14-25)42-38(41-36)26-19-20-35(39-23-26)43-31-17-9-7-15-27(31)29-21-30-28-16-8-10-18-33(28)44-34(30)22-32(29)43/h1-23,38H,(H,40,41,42). The molecule has 0 bridgehead atoms. The largest absolute Gasteiger partial charge is 0.344 e. The predicted molar refractivity (Wildman–Crippen MR) is 183 cm³/mol. The van der Waals surface area contributed by atoms with E-state index in [0.717, 1.165) is 39.4 Å². The van der Waals surface area contributed by atoms with Crippen LogP contribution in [0.25, 0.3) is 47.8 Å². The third-order valence-electron chi connectivity index (χ3n) is 8.31. The molecule has 208 valence electrons. The number of hydrogen-bond donors (Lipinski definition) is 1. The molecule has 0 saturated heterocycles. The van der Waals surface area contributed by atoms with Crippen molar-refractivity contribution in [1.82, 2.24) is 14.9 Å². The van der Waals surface area contributed by atoms with E-state index in [1.807, 2.05) is 66.1 Å². The highest BCUT2D eigenvalue weighted by Gasteiger charge is 2.22. The van der Waals surface area contributed by atoms with Gasteiger partial charge in [0, 0.05) is 53.8 Å². The quantitative estimate of drug-likeness (QED) is 0.225. The van der Waals surface area contributed by atoms with E-state index in [0.29, 0.717) is 5.84 Å². The van der Waals surface area contributed by atoms with Crippen molar-refractivity contribution in [1.29, 1.82) is 0 Å². The van der Waals surface area contributed by atoms with Gasteiger partial charge in [0.15, 0.2) is 5.84 Å².